The Kier molecular flexibility index (Phi) is 6.60. The largest absolute Gasteiger partial charge is 0.378 e. The first-order chi connectivity index (χ1) is 17.5. The van der Waals surface area contributed by atoms with E-state index in [1.165, 1.54) is 6.92 Å². The summed E-state index contributed by atoms with van der Waals surface area (Å²) in [6.45, 7) is 4.61. The van der Waals surface area contributed by atoms with E-state index in [0.29, 0.717) is 22.5 Å². The van der Waals surface area contributed by atoms with Gasteiger partial charge in [-0.05, 0) is 48.0 Å². The molecular formula is C28H26N4O4. The van der Waals surface area contributed by atoms with Crippen LogP contribution in [0.3, 0.4) is 0 Å². The summed E-state index contributed by atoms with van der Waals surface area (Å²) in [6, 6.07) is 19.9. The summed E-state index contributed by atoms with van der Waals surface area (Å²) in [5.41, 5.74) is 4.71. The number of morpholine rings is 1. The second kappa shape index (κ2) is 10.1. The maximum Gasteiger partial charge on any atom is 0.237 e. The van der Waals surface area contributed by atoms with Gasteiger partial charge in [0.2, 0.25) is 11.8 Å². The molecule has 36 heavy (non-hydrogen) atoms. The fraction of sp³-hybridized carbons (Fsp3) is 0.214. The number of carbonyl (C=O) groups excluding carboxylic acids is 3. The number of nitrogens with one attached hydrogen (secondary N) is 2. The third-order valence-electron chi connectivity index (χ3n) is 6.23. The Morgan fingerprint density at radius 2 is 1.78 bits per heavy atom. The molecule has 0 radical (unpaired) electrons. The number of fused-ring (bicyclic) bond motifs is 1. The Bertz CT molecular complexity index is 1340. The second-order valence-electron chi connectivity index (χ2n) is 8.75. The molecule has 5 rings (SSSR count). The van der Waals surface area contributed by atoms with E-state index in [1.54, 1.807) is 48.7 Å². The molecule has 1 fully saturated rings. The van der Waals surface area contributed by atoms with Gasteiger partial charge in [0.05, 0.1) is 18.9 Å². The average molecular weight is 483 g/mol. The molecule has 0 saturated carbocycles. The van der Waals surface area contributed by atoms with E-state index in [1.807, 2.05) is 24.3 Å². The van der Waals surface area contributed by atoms with Crippen LogP contribution in [-0.2, 0) is 14.3 Å². The summed E-state index contributed by atoms with van der Waals surface area (Å²) >= 11 is 0. The second-order valence-corrected chi connectivity index (χ2v) is 8.75. The predicted octanol–water partition coefficient (Wildman–Crippen LogP) is 4.15. The molecule has 8 nitrogen and oxygen atoms in total. The minimum Gasteiger partial charge on any atom is -0.378 e. The van der Waals surface area contributed by atoms with Crippen molar-refractivity contribution < 1.29 is 19.1 Å². The molecule has 8 heteroatoms. The summed E-state index contributed by atoms with van der Waals surface area (Å²) < 4.78 is 5.40. The third kappa shape index (κ3) is 5.04. The number of anilines is 3. The zero-order valence-corrected chi connectivity index (χ0v) is 19.9. The standard InChI is InChI=1S/C28H26N4O4/c1-18(33)30-22-4-2-3-19(15-22)27(34)20-5-10-24-25(28(35)31-26(24)16-20)17-29-21-6-8-23(9-7-21)32-11-13-36-14-12-32/h2-10,15-17,25H,11-14H2,1H3,(H,30,33)(H,31,35). The summed E-state index contributed by atoms with van der Waals surface area (Å²) in [7, 11) is 0. The van der Waals surface area contributed by atoms with Crippen LogP contribution in [0.2, 0.25) is 0 Å². The van der Waals surface area contributed by atoms with Crippen LogP contribution in [0.4, 0.5) is 22.7 Å². The smallest absolute Gasteiger partial charge is 0.237 e. The van der Waals surface area contributed by atoms with Crippen molar-refractivity contribution in [3.8, 4) is 0 Å². The van der Waals surface area contributed by atoms with Crippen LogP contribution >= 0.6 is 0 Å². The summed E-state index contributed by atoms with van der Waals surface area (Å²) in [5, 5.41) is 5.54. The predicted molar refractivity (Wildman–Crippen MR) is 140 cm³/mol. The Hall–Kier alpha value is -4.30. The molecule has 3 aromatic carbocycles. The topological polar surface area (TPSA) is 100 Å². The molecule has 3 aromatic rings. The third-order valence-corrected chi connectivity index (χ3v) is 6.23. The highest BCUT2D eigenvalue weighted by molar-refractivity contribution is 6.15. The number of ketones is 1. The lowest BCUT2D eigenvalue weighted by Gasteiger charge is -2.28. The average Bonchev–Trinajstić information content (AvgIpc) is 3.21. The van der Waals surface area contributed by atoms with Gasteiger partial charge in [-0.25, -0.2) is 0 Å². The Morgan fingerprint density at radius 1 is 1.03 bits per heavy atom. The molecule has 1 unspecified atom stereocenters. The van der Waals surface area contributed by atoms with Gasteiger partial charge >= 0.3 is 0 Å². The maximum atomic E-state index is 13.0. The van der Waals surface area contributed by atoms with Crippen molar-refractivity contribution in [1.29, 1.82) is 0 Å². The molecule has 2 aliphatic heterocycles. The molecule has 1 saturated heterocycles. The highest BCUT2D eigenvalue weighted by Gasteiger charge is 2.30. The number of benzene rings is 3. The van der Waals surface area contributed by atoms with Crippen LogP contribution < -0.4 is 15.5 Å². The number of hydrogen-bond acceptors (Lipinski definition) is 6. The molecule has 0 aliphatic carbocycles. The van der Waals surface area contributed by atoms with Crippen molar-refractivity contribution in [3.63, 3.8) is 0 Å². The molecule has 0 bridgehead atoms. The lowest BCUT2D eigenvalue weighted by atomic mass is 9.97. The zero-order chi connectivity index (χ0) is 25.1. The van der Waals surface area contributed by atoms with Crippen LogP contribution in [0, 0.1) is 0 Å². The van der Waals surface area contributed by atoms with Crippen LogP contribution in [0.25, 0.3) is 0 Å². The molecule has 1 atom stereocenters. The summed E-state index contributed by atoms with van der Waals surface area (Å²) in [6.07, 6.45) is 1.64. The van der Waals surface area contributed by atoms with Gasteiger partial charge in [-0.1, -0.05) is 24.3 Å². The number of ether oxygens (including phenoxy) is 1. The van der Waals surface area contributed by atoms with Gasteiger partial charge in [0.15, 0.2) is 5.78 Å². The van der Waals surface area contributed by atoms with Gasteiger partial charge < -0.3 is 20.3 Å². The van der Waals surface area contributed by atoms with Crippen LogP contribution in [-0.4, -0.2) is 50.1 Å². The normalized spacial score (nSPS) is 17.1. The van der Waals surface area contributed by atoms with Gasteiger partial charge in [-0.15, -0.1) is 0 Å². The van der Waals surface area contributed by atoms with Crippen molar-refractivity contribution in [2.24, 2.45) is 4.99 Å². The molecule has 2 amide bonds. The molecule has 2 aliphatic rings. The van der Waals surface area contributed by atoms with E-state index in [-0.39, 0.29) is 17.6 Å². The SMILES string of the molecule is CC(=O)Nc1cccc(C(=O)c2ccc3c(c2)NC(=O)C3C=Nc2ccc(N3CCOCC3)cc2)c1. The first kappa shape index (κ1) is 23.4. The first-order valence-electron chi connectivity index (χ1n) is 11.8. The number of carbonyl (C=O) groups is 3. The van der Waals surface area contributed by atoms with Crippen molar-refractivity contribution in [3.05, 3.63) is 83.4 Å². The van der Waals surface area contributed by atoms with Crippen molar-refractivity contribution >= 4 is 46.6 Å². The van der Waals surface area contributed by atoms with E-state index >= 15 is 0 Å². The van der Waals surface area contributed by atoms with Crippen LogP contribution in [0.15, 0.2) is 71.7 Å². The number of nitrogens with zero attached hydrogens (tertiary/aromatic N) is 2. The number of aliphatic imine (C=N–C) groups is 1. The molecule has 0 aromatic heterocycles. The molecule has 0 spiro atoms. The lowest BCUT2D eigenvalue weighted by molar-refractivity contribution is -0.116. The number of amides is 2. The minimum atomic E-state index is -0.536. The summed E-state index contributed by atoms with van der Waals surface area (Å²) in [4.78, 5) is 43.8. The minimum absolute atomic E-state index is 0.184. The maximum absolute atomic E-state index is 13.0. The highest BCUT2D eigenvalue weighted by Crippen LogP contribution is 2.33. The van der Waals surface area contributed by atoms with Crippen LogP contribution in [0.1, 0.15) is 34.3 Å². The van der Waals surface area contributed by atoms with Crippen LogP contribution in [0.5, 0.6) is 0 Å². The van der Waals surface area contributed by atoms with Crippen molar-refractivity contribution in [1.82, 2.24) is 0 Å². The fourth-order valence-corrected chi connectivity index (χ4v) is 4.42. The van der Waals surface area contributed by atoms with Gasteiger partial charge in [0, 0.05) is 54.4 Å². The molecule has 182 valence electrons. The van der Waals surface area contributed by atoms with E-state index in [4.69, 9.17) is 4.74 Å². The highest BCUT2D eigenvalue weighted by atomic mass is 16.5. The lowest BCUT2D eigenvalue weighted by Crippen LogP contribution is -2.36. The van der Waals surface area contributed by atoms with Gasteiger partial charge in [0.25, 0.3) is 0 Å². The fourth-order valence-electron chi connectivity index (χ4n) is 4.42. The Balaban J connectivity index is 1.31. The molecule has 2 N–H and O–H groups in total. The molecule has 2 heterocycles. The Labute approximate surface area is 209 Å². The Morgan fingerprint density at radius 3 is 2.53 bits per heavy atom. The van der Waals surface area contributed by atoms with Gasteiger partial charge in [-0.3, -0.25) is 19.4 Å². The van der Waals surface area contributed by atoms with Crippen molar-refractivity contribution in [2.45, 2.75) is 12.8 Å². The number of hydrogen-bond donors (Lipinski definition) is 2. The van der Waals surface area contributed by atoms with Crippen molar-refractivity contribution in [2.75, 3.05) is 41.8 Å². The summed E-state index contributed by atoms with van der Waals surface area (Å²) in [5.74, 6) is -1.13. The van der Waals surface area contributed by atoms with Gasteiger partial charge in [0.1, 0.15) is 5.92 Å². The van der Waals surface area contributed by atoms with E-state index in [0.717, 1.165) is 43.2 Å². The quantitative estimate of drug-likeness (QED) is 0.406. The molecular weight excluding hydrogens is 456 g/mol. The van der Waals surface area contributed by atoms with E-state index in [2.05, 4.69) is 20.5 Å². The van der Waals surface area contributed by atoms with E-state index in [9.17, 15) is 14.4 Å². The van der Waals surface area contributed by atoms with Gasteiger partial charge in [-0.2, -0.15) is 0 Å². The monoisotopic (exact) mass is 482 g/mol. The van der Waals surface area contributed by atoms with E-state index < -0.39 is 5.92 Å². The first-order valence-corrected chi connectivity index (χ1v) is 11.8. The zero-order valence-electron chi connectivity index (χ0n) is 19.9. The number of rotatable bonds is 6.